The van der Waals surface area contributed by atoms with Crippen LogP contribution in [0, 0.1) is 0 Å². The average Bonchev–Trinajstić information content (AvgIpc) is 3.39. The summed E-state index contributed by atoms with van der Waals surface area (Å²) in [5.41, 5.74) is 1.19. The molecule has 0 spiro atoms. The Balaban J connectivity index is 1.41. The standard InChI is InChI=1S/C25H24ClN3O4/c26-20-10-5-4-9-19(20)24(31)27-21(18-7-2-1-3-8-18)17-23(30)28-12-14-29(15-13-28)25(32)22-11-6-16-33-22/h1-11,16,21H,12-15,17H2,(H,27,31)/t21-/m0/s1. The quantitative estimate of drug-likeness (QED) is 0.600. The van der Waals surface area contributed by atoms with Gasteiger partial charge in [0.1, 0.15) is 0 Å². The summed E-state index contributed by atoms with van der Waals surface area (Å²) >= 11 is 6.18. The van der Waals surface area contributed by atoms with E-state index >= 15 is 0 Å². The molecule has 0 aliphatic carbocycles. The number of rotatable bonds is 6. The van der Waals surface area contributed by atoms with Crippen LogP contribution in [0.3, 0.4) is 0 Å². The minimum Gasteiger partial charge on any atom is -0.459 e. The summed E-state index contributed by atoms with van der Waals surface area (Å²) in [6.07, 6.45) is 1.57. The lowest BCUT2D eigenvalue weighted by Gasteiger charge is -2.35. The molecule has 1 atom stereocenters. The molecular formula is C25H24ClN3O4. The highest BCUT2D eigenvalue weighted by molar-refractivity contribution is 6.33. The second kappa shape index (κ2) is 10.4. The lowest BCUT2D eigenvalue weighted by Crippen LogP contribution is -2.51. The third-order valence-electron chi connectivity index (χ3n) is 5.66. The van der Waals surface area contributed by atoms with Crippen LogP contribution < -0.4 is 5.32 Å². The summed E-state index contributed by atoms with van der Waals surface area (Å²) in [6.45, 7) is 1.69. The molecule has 8 heteroatoms. The number of carbonyl (C=O) groups excluding carboxylic acids is 3. The first-order valence-electron chi connectivity index (χ1n) is 10.7. The Kier molecular flexibility index (Phi) is 7.10. The molecule has 0 bridgehead atoms. The number of hydrogen-bond donors (Lipinski definition) is 1. The first-order valence-corrected chi connectivity index (χ1v) is 11.1. The zero-order valence-corrected chi connectivity index (χ0v) is 18.7. The highest BCUT2D eigenvalue weighted by atomic mass is 35.5. The van der Waals surface area contributed by atoms with Crippen molar-refractivity contribution >= 4 is 29.3 Å². The molecule has 0 saturated carbocycles. The summed E-state index contributed by atoms with van der Waals surface area (Å²) in [5.74, 6) is -0.313. The van der Waals surface area contributed by atoms with Crippen molar-refractivity contribution in [2.75, 3.05) is 26.2 Å². The second-order valence-corrected chi connectivity index (χ2v) is 8.18. The SMILES string of the molecule is O=C(N[C@@H](CC(=O)N1CCN(C(=O)c2ccco2)CC1)c1ccccc1)c1ccccc1Cl. The van der Waals surface area contributed by atoms with Gasteiger partial charge in [-0.25, -0.2) is 0 Å². The van der Waals surface area contributed by atoms with Crippen LogP contribution in [0.4, 0.5) is 0 Å². The summed E-state index contributed by atoms with van der Waals surface area (Å²) in [6, 6.07) is 19.0. The van der Waals surface area contributed by atoms with E-state index in [0.29, 0.717) is 42.5 Å². The largest absolute Gasteiger partial charge is 0.459 e. The summed E-state index contributed by atoms with van der Waals surface area (Å²) < 4.78 is 5.18. The molecule has 7 nitrogen and oxygen atoms in total. The van der Waals surface area contributed by atoms with Crippen molar-refractivity contribution in [1.82, 2.24) is 15.1 Å². The van der Waals surface area contributed by atoms with E-state index in [1.807, 2.05) is 30.3 Å². The molecule has 1 aliphatic heterocycles. The number of hydrogen-bond acceptors (Lipinski definition) is 4. The normalized spacial score (nSPS) is 14.6. The summed E-state index contributed by atoms with van der Waals surface area (Å²) in [7, 11) is 0. The fourth-order valence-electron chi connectivity index (χ4n) is 3.84. The maximum absolute atomic E-state index is 13.1. The Hall–Kier alpha value is -3.58. The van der Waals surface area contributed by atoms with Gasteiger partial charge in [0, 0.05) is 26.2 Å². The van der Waals surface area contributed by atoms with Crippen LogP contribution in [0.1, 0.15) is 38.9 Å². The van der Waals surface area contributed by atoms with E-state index < -0.39 is 6.04 Å². The smallest absolute Gasteiger partial charge is 0.289 e. The van der Waals surface area contributed by atoms with Gasteiger partial charge in [-0.2, -0.15) is 0 Å². The predicted octanol–water partition coefficient (Wildman–Crippen LogP) is 3.78. The number of benzene rings is 2. The van der Waals surface area contributed by atoms with Crippen LogP contribution in [0.2, 0.25) is 5.02 Å². The maximum Gasteiger partial charge on any atom is 0.289 e. The molecule has 3 aromatic rings. The van der Waals surface area contributed by atoms with E-state index in [4.69, 9.17) is 16.0 Å². The van der Waals surface area contributed by atoms with Crippen LogP contribution in [0.25, 0.3) is 0 Å². The van der Waals surface area contributed by atoms with Crippen LogP contribution >= 0.6 is 11.6 Å². The van der Waals surface area contributed by atoms with Gasteiger partial charge < -0.3 is 19.5 Å². The molecule has 1 N–H and O–H groups in total. The van der Waals surface area contributed by atoms with Gasteiger partial charge >= 0.3 is 0 Å². The van der Waals surface area contributed by atoms with Crippen molar-refractivity contribution in [3.8, 4) is 0 Å². The van der Waals surface area contributed by atoms with Gasteiger partial charge in [-0.05, 0) is 29.8 Å². The molecule has 170 valence electrons. The molecule has 3 amide bonds. The number of carbonyl (C=O) groups is 3. The Bertz CT molecular complexity index is 1110. The third kappa shape index (κ3) is 5.43. The van der Waals surface area contributed by atoms with Crippen LogP contribution in [0.5, 0.6) is 0 Å². The number of nitrogens with zero attached hydrogens (tertiary/aromatic N) is 2. The predicted molar refractivity (Wildman–Crippen MR) is 124 cm³/mol. The van der Waals surface area contributed by atoms with Crippen LogP contribution in [-0.2, 0) is 4.79 Å². The van der Waals surface area contributed by atoms with Crippen LogP contribution in [-0.4, -0.2) is 53.7 Å². The Morgan fingerprint density at radius 2 is 1.55 bits per heavy atom. The fourth-order valence-corrected chi connectivity index (χ4v) is 4.06. The second-order valence-electron chi connectivity index (χ2n) is 7.77. The van der Waals surface area contributed by atoms with E-state index in [9.17, 15) is 14.4 Å². The minimum atomic E-state index is -0.509. The van der Waals surface area contributed by atoms with Crippen LogP contribution in [0.15, 0.2) is 77.4 Å². The van der Waals surface area contributed by atoms with Crippen molar-refractivity contribution in [1.29, 1.82) is 0 Å². The van der Waals surface area contributed by atoms with Gasteiger partial charge in [0.05, 0.1) is 29.3 Å². The van der Waals surface area contributed by atoms with Gasteiger partial charge in [-0.15, -0.1) is 0 Å². The third-order valence-corrected chi connectivity index (χ3v) is 5.99. The van der Waals surface area contributed by atoms with Crippen molar-refractivity contribution in [3.05, 3.63) is 94.9 Å². The number of furan rings is 1. The number of amides is 3. The molecule has 2 heterocycles. The minimum absolute atomic E-state index is 0.0894. The van der Waals surface area contributed by atoms with Gasteiger partial charge in [0.15, 0.2) is 5.76 Å². The Morgan fingerprint density at radius 3 is 2.21 bits per heavy atom. The van der Waals surface area contributed by atoms with Gasteiger partial charge in [-0.3, -0.25) is 14.4 Å². The Morgan fingerprint density at radius 1 is 0.879 bits per heavy atom. The zero-order chi connectivity index (χ0) is 23.2. The van der Waals surface area contributed by atoms with E-state index in [1.54, 1.807) is 46.2 Å². The molecule has 1 saturated heterocycles. The topological polar surface area (TPSA) is 82.9 Å². The lowest BCUT2D eigenvalue weighted by molar-refractivity contribution is -0.133. The zero-order valence-electron chi connectivity index (χ0n) is 17.9. The molecule has 33 heavy (non-hydrogen) atoms. The van der Waals surface area contributed by atoms with E-state index in [-0.39, 0.29) is 24.1 Å². The van der Waals surface area contributed by atoms with Crippen molar-refractivity contribution in [2.45, 2.75) is 12.5 Å². The maximum atomic E-state index is 13.1. The van der Waals surface area contributed by atoms with E-state index in [0.717, 1.165) is 5.56 Å². The molecule has 1 aromatic heterocycles. The molecule has 2 aromatic carbocycles. The molecule has 0 radical (unpaired) electrons. The first kappa shape index (κ1) is 22.6. The first-order chi connectivity index (χ1) is 16.0. The molecular weight excluding hydrogens is 442 g/mol. The van der Waals surface area contributed by atoms with Crippen molar-refractivity contribution < 1.29 is 18.8 Å². The van der Waals surface area contributed by atoms with Crippen molar-refractivity contribution in [2.24, 2.45) is 0 Å². The number of nitrogens with one attached hydrogen (secondary N) is 1. The highest BCUT2D eigenvalue weighted by Gasteiger charge is 2.28. The molecule has 1 fully saturated rings. The highest BCUT2D eigenvalue weighted by Crippen LogP contribution is 2.22. The molecule has 0 unspecified atom stereocenters. The summed E-state index contributed by atoms with van der Waals surface area (Å²) in [5, 5.41) is 3.31. The van der Waals surface area contributed by atoms with Gasteiger partial charge in [0.2, 0.25) is 5.91 Å². The molecule has 4 rings (SSSR count). The van der Waals surface area contributed by atoms with Gasteiger partial charge in [0.25, 0.3) is 11.8 Å². The fraction of sp³-hybridized carbons (Fsp3) is 0.240. The molecule has 1 aliphatic rings. The average molecular weight is 466 g/mol. The summed E-state index contributed by atoms with van der Waals surface area (Å²) in [4.78, 5) is 41.8. The van der Waals surface area contributed by atoms with E-state index in [2.05, 4.69) is 5.32 Å². The number of piperazine rings is 1. The monoisotopic (exact) mass is 465 g/mol. The van der Waals surface area contributed by atoms with E-state index in [1.165, 1.54) is 6.26 Å². The lowest BCUT2D eigenvalue weighted by atomic mass is 10.0. The Labute approximate surface area is 196 Å². The van der Waals surface area contributed by atoms with Gasteiger partial charge in [-0.1, -0.05) is 54.1 Å². The number of halogens is 1. The van der Waals surface area contributed by atoms with Crippen molar-refractivity contribution in [3.63, 3.8) is 0 Å².